The normalized spacial score (nSPS) is 12.3. The van der Waals surface area contributed by atoms with Crippen molar-refractivity contribution in [2.75, 3.05) is 12.9 Å². The van der Waals surface area contributed by atoms with Gasteiger partial charge in [-0.15, -0.1) is 12.4 Å². The summed E-state index contributed by atoms with van der Waals surface area (Å²) in [6.07, 6.45) is -1.94. The summed E-state index contributed by atoms with van der Waals surface area (Å²) in [5.74, 6) is -2.09. The van der Waals surface area contributed by atoms with Crippen LogP contribution in [-0.2, 0) is 14.6 Å². The van der Waals surface area contributed by atoms with E-state index in [2.05, 4.69) is 0 Å². The summed E-state index contributed by atoms with van der Waals surface area (Å²) in [4.78, 5) is 10.3. The van der Waals surface area contributed by atoms with Crippen molar-refractivity contribution < 1.29 is 28.2 Å². The molecule has 0 radical (unpaired) electrons. The van der Waals surface area contributed by atoms with Gasteiger partial charge in [0.05, 0.1) is 17.8 Å². The molecule has 0 aromatic heterocycles. The fourth-order valence-corrected chi connectivity index (χ4v) is 2.50. The smallest absolute Gasteiger partial charge is 0.333 e. The number of sulfone groups is 1. The van der Waals surface area contributed by atoms with Gasteiger partial charge in [0.25, 0.3) is 0 Å². The molecule has 1 atom stereocenters. The molecule has 2 N–H and O–H groups in total. The van der Waals surface area contributed by atoms with E-state index in [4.69, 9.17) is 14.9 Å². The molecular weight excluding hydrogens is 284 g/mol. The van der Waals surface area contributed by atoms with Crippen molar-refractivity contribution in [2.45, 2.75) is 11.0 Å². The van der Waals surface area contributed by atoms with Crippen molar-refractivity contribution in [3.8, 4) is 5.75 Å². The van der Waals surface area contributed by atoms with Gasteiger partial charge in [0.1, 0.15) is 5.75 Å². The van der Waals surface area contributed by atoms with Crippen molar-refractivity contribution in [1.29, 1.82) is 0 Å². The number of rotatable bonds is 5. The van der Waals surface area contributed by atoms with Crippen LogP contribution in [0.25, 0.3) is 0 Å². The number of aliphatic carboxylic acids is 1. The van der Waals surface area contributed by atoms with Crippen molar-refractivity contribution >= 4 is 28.2 Å². The monoisotopic (exact) mass is 296 g/mol. The maximum atomic E-state index is 11.7. The summed E-state index contributed by atoms with van der Waals surface area (Å²) in [5.41, 5.74) is 0. The van der Waals surface area contributed by atoms with Gasteiger partial charge >= 0.3 is 5.97 Å². The number of hydrogen-bond donors (Lipinski definition) is 2. The van der Waals surface area contributed by atoms with E-state index in [1.165, 1.54) is 25.3 Å². The van der Waals surface area contributed by atoms with Gasteiger partial charge in [-0.05, 0) is 18.2 Å². The largest absolute Gasteiger partial charge is 0.497 e. The molecule has 102 valence electrons. The average Bonchev–Trinajstić information content (AvgIpc) is 2.28. The van der Waals surface area contributed by atoms with E-state index in [-0.39, 0.29) is 17.3 Å². The predicted molar refractivity (Wildman–Crippen MR) is 65.9 cm³/mol. The number of hydrogen-bond acceptors (Lipinski definition) is 5. The Morgan fingerprint density at radius 1 is 1.44 bits per heavy atom. The zero-order chi connectivity index (χ0) is 13.1. The highest BCUT2D eigenvalue weighted by Crippen LogP contribution is 2.18. The van der Waals surface area contributed by atoms with Gasteiger partial charge < -0.3 is 14.9 Å². The van der Waals surface area contributed by atoms with Crippen LogP contribution in [0, 0.1) is 0 Å². The minimum atomic E-state index is -3.85. The molecule has 0 aliphatic carbocycles. The molecule has 0 heterocycles. The Bertz CT molecular complexity index is 513. The zero-order valence-corrected chi connectivity index (χ0v) is 11.1. The summed E-state index contributed by atoms with van der Waals surface area (Å²) in [6.45, 7) is 0. The van der Waals surface area contributed by atoms with Crippen molar-refractivity contribution in [1.82, 2.24) is 0 Å². The second-order valence-electron chi connectivity index (χ2n) is 3.31. The van der Waals surface area contributed by atoms with Gasteiger partial charge in [0.2, 0.25) is 0 Å². The Balaban J connectivity index is 0.00000289. The Kier molecular flexibility index (Phi) is 6.10. The van der Waals surface area contributed by atoms with Gasteiger partial charge in [-0.2, -0.15) is 0 Å². The van der Waals surface area contributed by atoms with Gasteiger partial charge in [0, 0.05) is 0 Å². The van der Waals surface area contributed by atoms with Gasteiger partial charge in [-0.3, -0.25) is 0 Å². The number of carboxylic acid groups (broad SMARTS) is 1. The quantitative estimate of drug-likeness (QED) is 0.812. The number of halogens is 1. The molecule has 1 rings (SSSR count). The van der Waals surface area contributed by atoms with E-state index in [0.29, 0.717) is 5.75 Å². The third kappa shape index (κ3) is 4.17. The predicted octanol–water partition coefficient (Wildman–Crippen LogP) is 0.336. The third-order valence-electron chi connectivity index (χ3n) is 2.06. The molecule has 0 amide bonds. The standard InChI is InChI=1S/C10H12O6S.ClH/c1-16-7-3-2-4-8(5-7)17(14,15)6-9(11)10(12)13;/h2-5,9,11H,6H2,1H3,(H,12,13);1H. The van der Waals surface area contributed by atoms with Gasteiger partial charge in [-0.25, -0.2) is 13.2 Å². The second-order valence-corrected chi connectivity index (χ2v) is 5.35. The number of carbonyl (C=O) groups is 1. The van der Waals surface area contributed by atoms with E-state index in [9.17, 15) is 13.2 Å². The maximum absolute atomic E-state index is 11.7. The van der Waals surface area contributed by atoms with Crippen LogP contribution in [-0.4, -0.2) is 43.6 Å². The highest BCUT2D eigenvalue weighted by atomic mass is 35.5. The first-order chi connectivity index (χ1) is 7.86. The molecule has 6 nitrogen and oxygen atoms in total. The van der Waals surface area contributed by atoms with Crippen LogP contribution in [0.15, 0.2) is 29.2 Å². The summed E-state index contributed by atoms with van der Waals surface area (Å²) >= 11 is 0. The SMILES string of the molecule is COc1cccc(S(=O)(=O)CC(O)C(=O)O)c1.Cl. The average molecular weight is 297 g/mol. The topological polar surface area (TPSA) is 101 Å². The van der Waals surface area contributed by atoms with Gasteiger partial charge in [-0.1, -0.05) is 6.07 Å². The molecule has 0 saturated carbocycles. The van der Waals surface area contributed by atoms with Gasteiger partial charge in [0.15, 0.2) is 15.9 Å². The molecule has 0 aliphatic rings. The van der Waals surface area contributed by atoms with E-state index in [0.717, 1.165) is 0 Å². The van der Waals surface area contributed by atoms with Crippen LogP contribution in [0.1, 0.15) is 0 Å². The van der Waals surface area contributed by atoms with Crippen LogP contribution in [0.3, 0.4) is 0 Å². The van der Waals surface area contributed by atoms with E-state index >= 15 is 0 Å². The number of carboxylic acids is 1. The van der Waals surface area contributed by atoms with Crippen molar-refractivity contribution in [3.05, 3.63) is 24.3 Å². The summed E-state index contributed by atoms with van der Waals surface area (Å²) in [7, 11) is -2.46. The van der Waals surface area contributed by atoms with Crippen LogP contribution < -0.4 is 4.74 Å². The lowest BCUT2D eigenvalue weighted by molar-refractivity contribution is -0.145. The lowest BCUT2D eigenvalue weighted by Gasteiger charge is -2.08. The number of benzene rings is 1. The summed E-state index contributed by atoms with van der Waals surface area (Å²) in [6, 6.07) is 5.61. The number of ether oxygens (including phenoxy) is 1. The molecule has 0 fully saturated rings. The molecule has 8 heteroatoms. The molecule has 18 heavy (non-hydrogen) atoms. The number of methoxy groups -OCH3 is 1. The Labute approximate surface area is 111 Å². The summed E-state index contributed by atoms with van der Waals surface area (Å²) < 4.78 is 28.3. The van der Waals surface area contributed by atoms with Crippen LogP contribution in [0.4, 0.5) is 0 Å². The number of aliphatic hydroxyl groups excluding tert-OH is 1. The minimum absolute atomic E-state index is 0. The lowest BCUT2D eigenvalue weighted by Crippen LogP contribution is -2.28. The van der Waals surface area contributed by atoms with Crippen LogP contribution in [0.5, 0.6) is 5.75 Å². The highest BCUT2D eigenvalue weighted by Gasteiger charge is 2.24. The fourth-order valence-electron chi connectivity index (χ4n) is 1.17. The molecule has 1 aromatic rings. The van der Waals surface area contributed by atoms with E-state index < -0.39 is 27.7 Å². The highest BCUT2D eigenvalue weighted by molar-refractivity contribution is 7.91. The van der Waals surface area contributed by atoms with Crippen molar-refractivity contribution in [3.63, 3.8) is 0 Å². The van der Waals surface area contributed by atoms with Crippen LogP contribution >= 0.6 is 12.4 Å². The maximum Gasteiger partial charge on any atom is 0.333 e. The lowest BCUT2D eigenvalue weighted by atomic mass is 10.3. The molecule has 1 aromatic carbocycles. The minimum Gasteiger partial charge on any atom is -0.497 e. The zero-order valence-electron chi connectivity index (χ0n) is 9.44. The Hall–Kier alpha value is -1.31. The number of aliphatic hydroxyl groups is 1. The second kappa shape index (κ2) is 6.58. The Morgan fingerprint density at radius 3 is 2.56 bits per heavy atom. The molecular formula is C10H13ClO6S. The fraction of sp³-hybridized carbons (Fsp3) is 0.300. The molecule has 1 unspecified atom stereocenters. The van der Waals surface area contributed by atoms with E-state index in [1.807, 2.05) is 0 Å². The van der Waals surface area contributed by atoms with Crippen LogP contribution in [0.2, 0.25) is 0 Å². The molecule has 0 saturated heterocycles. The first-order valence-electron chi connectivity index (χ1n) is 4.64. The summed E-state index contributed by atoms with van der Waals surface area (Å²) in [5, 5.41) is 17.5. The van der Waals surface area contributed by atoms with Crippen molar-refractivity contribution in [2.24, 2.45) is 0 Å². The third-order valence-corrected chi connectivity index (χ3v) is 3.79. The molecule has 0 aliphatic heterocycles. The molecule has 0 spiro atoms. The Morgan fingerprint density at radius 2 is 2.06 bits per heavy atom. The van der Waals surface area contributed by atoms with E-state index in [1.54, 1.807) is 6.07 Å². The first-order valence-corrected chi connectivity index (χ1v) is 6.29. The molecule has 0 bridgehead atoms. The first kappa shape index (κ1) is 16.7.